The number of aromatic nitrogens is 3. The van der Waals surface area contributed by atoms with Gasteiger partial charge in [-0.05, 0) is 49.2 Å². The van der Waals surface area contributed by atoms with Gasteiger partial charge in [0.25, 0.3) is 0 Å². The van der Waals surface area contributed by atoms with Crippen LogP contribution in [0.25, 0.3) is 11.4 Å². The molecular formula is C18H18FN5OS. The van der Waals surface area contributed by atoms with Crippen molar-refractivity contribution in [1.82, 2.24) is 14.9 Å². The minimum absolute atomic E-state index is 0.145. The molecule has 3 N–H and O–H groups in total. The van der Waals surface area contributed by atoms with Gasteiger partial charge in [0.15, 0.2) is 5.82 Å². The van der Waals surface area contributed by atoms with E-state index in [1.165, 1.54) is 28.6 Å². The maximum absolute atomic E-state index is 13.0. The van der Waals surface area contributed by atoms with E-state index >= 15 is 0 Å². The van der Waals surface area contributed by atoms with Gasteiger partial charge < -0.3 is 11.2 Å². The number of hydrogen-bond acceptors (Lipinski definition) is 5. The molecule has 26 heavy (non-hydrogen) atoms. The Morgan fingerprint density at radius 1 is 1.15 bits per heavy atom. The second kappa shape index (κ2) is 7.57. The number of nitrogens with zero attached hydrogens (tertiary/aromatic N) is 3. The van der Waals surface area contributed by atoms with E-state index in [0.29, 0.717) is 16.5 Å². The Labute approximate surface area is 154 Å². The first-order valence-corrected chi connectivity index (χ1v) is 8.89. The molecule has 0 aliphatic heterocycles. The quantitative estimate of drug-likeness (QED) is 0.532. The lowest BCUT2D eigenvalue weighted by atomic mass is 10.1. The van der Waals surface area contributed by atoms with Crippen LogP contribution in [0.2, 0.25) is 0 Å². The number of rotatable bonds is 5. The molecule has 6 nitrogen and oxygen atoms in total. The van der Waals surface area contributed by atoms with Gasteiger partial charge in [0, 0.05) is 11.3 Å². The number of amides is 1. The van der Waals surface area contributed by atoms with Crippen LogP contribution in [0.3, 0.4) is 0 Å². The molecule has 0 atom stereocenters. The monoisotopic (exact) mass is 371 g/mol. The van der Waals surface area contributed by atoms with Crippen LogP contribution < -0.4 is 11.2 Å². The van der Waals surface area contributed by atoms with Crippen LogP contribution >= 0.6 is 11.8 Å². The summed E-state index contributed by atoms with van der Waals surface area (Å²) in [6.07, 6.45) is 0. The predicted molar refractivity (Wildman–Crippen MR) is 101 cm³/mol. The van der Waals surface area contributed by atoms with Crippen molar-refractivity contribution in [3.63, 3.8) is 0 Å². The van der Waals surface area contributed by atoms with Gasteiger partial charge >= 0.3 is 0 Å². The van der Waals surface area contributed by atoms with Crippen molar-refractivity contribution < 1.29 is 9.18 Å². The number of hydrogen-bond donors (Lipinski definition) is 2. The predicted octanol–water partition coefficient (Wildman–Crippen LogP) is 3.15. The molecule has 0 bridgehead atoms. The average molecular weight is 371 g/mol. The van der Waals surface area contributed by atoms with Gasteiger partial charge in [-0.15, -0.1) is 10.2 Å². The molecule has 0 fully saturated rings. The second-order valence-corrected chi connectivity index (χ2v) is 6.73. The van der Waals surface area contributed by atoms with Crippen molar-refractivity contribution in [2.45, 2.75) is 19.0 Å². The molecule has 0 unspecified atom stereocenters. The summed E-state index contributed by atoms with van der Waals surface area (Å²) in [5.74, 6) is 6.06. The lowest BCUT2D eigenvalue weighted by molar-refractivity contribution is -0.113. The first-order valence-electron chi connectivity index (χ1n) is 7.91. The SMILES string of the molecule is Cc1cccc(C)c1NC(=O)CSc1nnc(-c2ccc(F)cc2)n1N. The Balaban J connectivity index is 1.67. The molecule has 0 spiro atoms. The molecule has 3 rings (SSSR count). The molecule has 0 saturated carbocycles. The summed E-state index contributed by atoms with van der Waals surface area (Å²) in [5, 5.41) is 11.3. The Morgan fingerprint density at radius 3 is 2.46 bits per heavy atom. The number of thioether (sulfide) groups is 1. The van der Waals surface area contributed by atoms with Gasteiger partial charge in [0.2, 0.25) is 11.1 Å². The average Bonchev–Trinajstić information content (AvgIpc) is 2.98. The molecule has 3 aromatic rings. The summed E-state index contributed by atoms with van der Waals surface area (Å²) >= 11 is 1.18. The Hall–Kier alpha value is -2.87. The minimum Gasteiger partial charge on any atom is -0.335 e. The van der Waals surface area contributed by atoms with Gasteiger partial charge in [-0.25, -0.2) is 9.07 Å². The summed E-state index contributed by atoms with van der Waals surface area (Å²) < 4.78 is 14.3. The fourth-order valence-electron chi connectivity index (χ4n) is 2.49. The normalized spacial score (nSPS) is 10.7. The van der Waals surface area contributed by atoms with Gasteiger partial charge in [0.05, 0.1) is 5.75 Å². The van der Waals surface area contributed by atoms with E-state index in [-0.39, 0.29) is 17.5 Å². The number of benzene rings is 2. The van der Waals surface area contributed by atoms with Crippen LogP contribution in [-0.2, 0) is 4.79 Å². The zero-order chi connectivity index (χ0) is 18.7. The van der Waals surface area contributed by atoms with Gasteiger partial charge in [0.1, 0.15) is 5.82 Å². The van der Waals surface area contributed by atoms with Crippen molar-refractivity contribution >= 4 is 23.4 Å². The number of carbonyl (C=O) groups is 1. The number of para-hydroxylation sites is 1. The number of anilines is 1. The highest BCUT2D eigenvalue weighted by Gasteiger charge is 2.14. The number of nitrogens with two attached hydrogens (primary N) is 1. The van der Waals surface area contributed by atoms with Gasteiger partial charge in [-0.1, -0.05) is 30.0 Å². The highest BCUT2D eigenvalue weighted by Crippen LogP contribution is 2.23. The zero-order valence-corrected chi connectivity index (χ0v) is 15.2. The third kappa shape index (κ3) is 3.85. The zero-order valence-electron chi connectivity index (χ0n) is 14.4. The summed E-state index contributed by atoms with van der Waals surface area (Å²) in [6, 6.07) is 11.6. The first kappa shape index (κ1) is 17.9. The third-order valence-electron chi connectivity index (χ3n) is 3.84. The topological polar surface area (TPSA) is 85.8 Å². The lowest BCUT2D eigenvalue weighted by Crippen LogP contribution is -2.17. The summed E-state index contributed by atoms with van der Waals surface area (Å²) in [6.45, 7) is 3.89. The van der Waals surface area contributed by atoms with Crippen molar-refractivity contribution in [3.05, 3.63) is 59.4 Å². The van der Waals surface area contributed by atoms with Crippen molar-refractivity contribution in [3.8, 4) is 11.4 Å². The van der Waals surface area contributed by atoms with Crippen LogP contribution in [0.4, 0.5) is 10.1 Å². The largest absolute Gasteiger partial charge is 0.335 e. The number of halogens is 1. The van der Waals surface area contributed by atoms with Crippen molar-refractivity contribution in [2.75, 3.05) is 16.9 Å². The van der Waals surface area contributed by atoms with Crippen molar-refractivity contribution in [2.24, 2.45) is 0 Å². The molecule has 8 heteroatoms. The molecule has 1 amide bonds. The molecule has 1 aromatic heterocycles. The Morgan fingerprint density at radius 2 is 1.81 bits per heavy atom. The smallest absolute Gasteiger partial charge is 0.234 e. The lowest BCUT2D eigenvalue weighted by Gasteiger charge is -2.11. The van der Waals surface area contributed by atoms with Crippen molar-refractivity contribution in [1.29, 1.82) is 0 Å². The standard InChI is InChI=1S/C18H18FN5OS/c1-11-4-3-5-12(2)16(11)21-15(25)10-26-18-23-22-17(24(18)20)13-6-8-14(19)9-7-13/h3-9H,10,20H2,1-2H3,(H,21,25). The minimum atomic E-state index is -0.338. The highest BCUT2D eigenvalue weighted by molar-refractivity contribution is 7.99. The molecular weight excluding hydrogens is 353 g/mol. The van der Waals surface area contributed by atoms with Crippen LogP contribution in [-0.4, -0.2) is 26.5 Å². The van der Waals surface area contributed by atoms with Gasteiger partial charge in [-0.3, -0.25) is 4.79 Å². The molecule has 0 saturated heterocycles. The Bertz CT molecular complexity index is 919. The molecule has 134 valence electrons. The second-order valence-electron chi connectivity index (χ2n) is 5.79. The first-order chi connectivity index (χ1) is 12.5. The van der Waals surface area contributed by atoms with Gasteiger partial charge in [-0.2, -0.15) is 0 Å². The van der Waals surface area contributed by atoms with Crippen LogP contribution in [0.15, 0.2) is 47.6 Å². The third-order valence-corrected chi connectivity index (χ3v) is 4.79. The van der Waals surface area contributed by atoms with Crippen LogP contribution in [0.1, 0.15) is 11.1 Å². The van der Waals surface area contributed by atoms with E-state index in [0.717, 1.165) is 16.8 Å². The highest BCUT2D eigenvalue weighted by atomic mass is 32.2. The van der Waals surface area contributed by atoms with E-state index in [9.17, 15) is 9.18 Å². The molecule has 2 aromatic carbocycles. The van der Waals surface area contributed by atoms with E-state index < -0.39 is 0 Å². The fourth-order valence-corrected chi connectivity index (χ4v) is 3.14. The molecule has 0 aliphatic carbocycles. The van der Waals surface area contributed by atoms with Crippen LogP contribution in [0, 0.1) is 19.7 Å². The summed E-state index contributed by atoms with van der Waals surface area (Å²) in [7, 11) is 0. The Kier molecular flexibility index (Phi) is 5.22. The van der Waals surface area contributed by atoms with E-state index in [1.54, 1.807) is 12.1 Å². The maximum Gasteiger partial charge on any atom is 0.234 e. The summed E-state index contributed by atoms with van der Waals surface area (Å²) in [5.41, 5.74) is 3.47. The number of nitrogens with one attached hydrogen (secondary N) is 1. The molecule has 0 aliphatic rings. The van der Waals surface area contributed by atoms with E-state index in [1.807, 2.05) is 32.0 Å². The number of carbonyl (C=O) groups excluding carboxylic acids is 1. The van der Waals surface area contributed by atoms with Crippen LogP contribution in [0.5, 0.6) is 0 Å². The summed E-state index contributed by atoms with van der Waals surface area (Å²) in [4.78, 5) is 12.2. The maximum atomic E-state index is 13.0. The molecule has 0 radical (unpaired) electrons. The number of aryl methyl sites for hydroxylation is 2. The molecule has 1 heterocycles. The van der Waals surface area contributed by atoms with E-state index in [2.05, 4.69) is 15.5 Å². The van der Waals surface area contributed by atoms with E-state index in [4.69, 9.17) is 5.84 Å². The number of nitrogen functional groups attached to an aromatic ring is 1. The fraction of sp³-hybridized carbons (Fsp3) is 0.167.